The lowest BCUT2D eigenvalue weighted by atomic mass is 10.2. The van der Waals surface area contributed by atoms with Crippen molar-refractivity contribution in [1.82, 2.24) is 14.4 Å². The molecule has 0 saturated heterocycles. The van der Waals surface area contributed by atoms with E-state index in [0.717, 1.165) is 0 Å². The summed E-state index contributed by atoms with van der Waals surface area (Å²) >= 11 is 3.44. The number of carbonyl (C=O) groups is 1. The average Bonchev–Trinajstić information content (AvgIpc) is 2.70. The van der Waals surface area contributed by atoms with E-state index >= 15 is 0 Å². The summed E-state index contributed by atoms with van der Waals surface area (Å²) in [6, 6.07) is 14.1. The molecular formula is C20H15BrN4O3. The zero-order valence-corrected chi connectivity index (χ0v) is 16.4. The van der Waals surface area contributed by atoms with Gasteiger partial charge in [0.15, 0.2) is 0 Å². The lowest BCUT2D eigenvalue weighted by molar-refractivity contribution is 0.0527. The van der Waals surface area contributed by atoms with Crippen LogP contribution in [0, 0.1) is 0 Å². The summed E-state index contributed by atoms with van der Waals surface area (Å²) in [5.74, 6) is 0.254. The summed E-state index contributed by atoms with van der Waals surface area (Å²) in [5.41, 5.74) is 1.30. The summed E-state index contributed by atoms with van der Waals surface area (Å²) < 4.78 is 7.04. The molecule has 0 aliphatic heterocycles. The highest BCUT2D eigenvalue weighted by Crippen LogP contribution is 2.26. The molecule has 0 aliphatic rings. The van der Waals surface area contributed by atoms with E-state index < -0.39 is 5.97 Å². The third-order valence-electron chi connectivity index (χ3n) is 4.15. The number of fused-ring (bicyclic) bond motifs is 2. The fourth-order valence-electron chi connectivity index (χ4n) is 2.85. The molecule has 0 radical (unpaired) electrons. The second-order valence-electron chi connectivity index (χ2n) is 5.93. The minimum atomic E-state index is -0.428. The number of rotatable bonds is 4. The molecule has 8 heteroatoms. The number of hydrogen-bond donors (Lipinski definition) is 1. The Morgan fingerprint density at radius 3 is 2.71 bits per heavy atom. The minimum absolute atomic E-state index is 0.202. The fourth-order valence-corrected chi connectivity index (χ4v) is 3.24. The molecule has 140 valence electrons. The number of para-hydroxylation sites is 2. The van der Waals surface area contributed by atoms with Crippen molar-refractivity contribution < 1.29 is 9.53 Å². The van der Waals surface area contributed by atoms with Crippen molar-refractivity contribution in [2.75, 3.05) is 11.9 Å². The number of ether oxygens (including phenoxy) is 1. The normalized spacial score (nSPS) is 10.9. The highest BCUT2D eigenvalue weighted by Gasteiger charge is 2.15. The minimum Gasteiger partial charge on any atom is -0.462 e. The van der Waals surface area contributed by atoms with Gasteiger partial charge >= 0.3 is 5.97 Å². The number of nitrogens with zero attached hydrogens (tertiary/aromatic N) is 3. The molecule has 0 atom stereocenters. The summed E-state index contributed by atoms with van der Waals surface area (Å²) in [6.45, 7) is 2.04. The molecule has 2 heterocycles. The molecule has 28 heavy (non-hydrogen) atoms. The molecular weight excluding hydrogens is 424 g/mol. The van der Waals surface area contributed by atoms with Gasteiger partial charge in [0, 0.05) is 6.20 Å². The van der Waals surface area contributed by atoms with Crippen molar-refractivity contribution in [3.05, 3.63) is 75.1 Å². The Morgan fingerprint density at radius 1 is 1.14 bits per heavy atom. The molecule has 1 N–H and O–H groups in total. The smallest absolute Gasteiger partial charge is 0.340 e. The molecule has 0 bridgehead atoms. The van der Waals surface area contributed by atoms with Crippen LogP contribution < -0.4 is 10.9 Å². The largest absolute Gasteiger partial charge is 0.462 e. The van der Waals surface area contributed by atoms with Crippen molar-refractivity contribution in [3.63, 3.8) is 0 Å². The maximum Gasteiger partial charge on any atom is 0.340 e. The van der Waals surface area contributed by atoms with Crippen LogP contribution in [0.1, 0.15) is 17.3 Å². The van der Waals surface area contributed by atoms with Crippen LogP contribution in [-0.4, -0.2) is 26.9 Å². The van der Waals surface area contributed by atoms with Gasteiger partial charge in [-0.15, -0.1) is 0 Å². The number of anilines is 2. The van der Waals surface area contributed by atoms with Gasteiger partial charge in [0.25, 0.3) is 5.56 Å². The lowest BCUT2D eigenvalue weighted by Crippen LogP contribution is -2.17. The van der Waals surface area contributed by atoms with E-state index in [-0.39, 0.29) is 17.9 Å². The summed E-state index contributed by atoms with van der Waals surface area (Å²) in [4.78, 5) is 33.8. The Balaban J connectivity index is 1.83. The highest BCUT2D eigenvalue weighted by molar-refractivity contribution is 9.10. The Labute approximate surface area is 168 Å². The van der Waals surface area contributed by atoms with Gasteiger partial charge in [-0.25, -0.2) is 9.78 Å². The number of benzene rings is 2. The van der Waals surface area contributed by atoms with Crippen LogP contribution in [0.3, 0.4) is 0 Å². The average molecular weight is 439 g/mol. The van der Waals surface area contributed by atoms with Crippen LogP contribution in [0.25, 0.3) is 16.7 Å². The van der Waals surface area contributed by atoms with Crippen molar-refractivity contribution >= 4 is 50.1 Å². The van der Waals surface area contributed by atoms with Gasteiger partial charge in [0.1, 0.15) is 5.82 Å². The third-order valence-corrected chi connectivity index (χ3v) is 4.73. The van der Waals surface area contributed by atoms with Crippen LogP contribution in [0.5, 0.6) is 0 Å². The Bertz CT molecular complexity index is 1270. The van der Waals surface area contributed by atoms with E-state index in [2.05, 4.69) is 31.2 Å². The molecule has 2 aromatic carbocycles. The second kappa shape index (κ2) is 7.40. The fraction of sp³-hybridized carbons (Fsp3) is 0.100. The van der Waals surface area contributed by atoms with Crippen LogP contribution in [0.15, 0.2) is 64.0 Å². The van der Waals surface area contributed by atoms with Gasteiger partial charge in [0.2, 0.25) is 5.78 Å². The lowest BCUT2D eigenvalue weighted by Gasteiger charge is -2.13. The van der Waals surface area contributed by atoms with Crippen molar-refractivity contribution in [2.24, 2.45) is 0 Å². The molecule has 0 unspecified atom stereocenters. The molecule has 7 nitrogen and oxygen atoms in total. The molecule has 0 fully saturated rings. The van der Waals surface area contributed by atoms with Crippen LogP contribution in [-0.2, 0) is 4.74 Å². The van der Waals surface area contributed by atoms with Crippen LogP contribution in [0.2, 0.25) is 0 Å². The quantitative estimate of drug-likeness (QED) is 0.383. The summed E-state index contributed by atoms with van der Waals surface area (Å²) in [6.07, 6.45) is 1.61. The van der Waals surface area contributed by atoms with E-state index in [1.807, 2.05) is 6.07 Å². The Hall–Kier alpha value is -3.26. The van der Waals surface area contributed by atoms with Crippen LogP contribution in [0.4, 0.5) is 11.5 Å². The first kappa shape index (κ1) is 18.1. The molecule has 4 rings (SSSR count). The number of esters is 1. The first-order valence-electron chi connectivity index (χ1n) is 8.59. The van der Waals surface area contributed by atoms with Crippen molar-refractivity contribution in [3.8, 4) is 0 Å². The van der Waals surface area contributed by atoms with Crippen molar-refractivity contribution in [1.29, 1.82) is 0 Å². The predicted octanol–water partition coefficient (Wildman–Crippen LogP) is 3.93. The van der Waals surface area contributed by atoms with Gasteiger partial charge in [-0.1, -0.05) is 24.3 Å². The molecule has 2 aromatic heterocycles. The number of aromatic nitrogens is 3. The van der Waals surface area contributed by atoms with Gasteiger partial charge in [-0.05, 0) is 47.1 Å². The molecule has 4 aromatic rings. The first-order valence-corrected chi connectivity index (χ1v) is 9.38. The van der Waals surface area contributed by atoms with Gasteiger partial charge in [-0.3, -0.25) is 9.20 Å². The number of carbonyl (C=O) groups excluding carboxylic acids is 1. The Kier molecular flexibility index (Phi) is 4.79. The first-order chi connectivity index (χ1) is 13.6. The van der Waals surface area contributed by atoms with Gasteiger partial charge in [0.05, 0.1) is 33.2 Å². The molecule has 0 amide bonds. The molecule has 0 saturated carbocycles. The molecule has 0 aliphatic carbocycles. The van der Waals surface area contributed by atoms with Gasteiger partial charge < -0.3 is 10.1 Å². The molecule has 0 spiro atoms. The summed E-state index contributed by atoms with van der Waals surface area (Å²) in [5, 5.41) is 3.64. The van der Waals surface area contributed by atoms with E-state index in [9.17, 15) is 9.59 Å². The third kappa shape index (κ3) is 3.22. The van der Waals surface area contributed by atoms with E-state index in [4.69, 9.17) is 4.74 Å². The standard InChI is InChI=1S/C20H15BrN4O3/c1-2-28-19(27)13-8-4-6-10-16(13)22-17-14(21)11-25-18(26)12-7-3-5-9-15(12)23-20(25)24-17/h3-11H,2H2,1H3,(H,22,23,24). The number of nitrogens with one attached hydrogen (secondary N) is 1. The monoisotopic (exact) mass is 438 g/mol. The number of halogens is 1. The summed E-state index contributed by atoms with van der Waals surface area (Å²) in [7, 11) is 0. The van der Waals surface area contributed by atoms with Gasteiger partial charge in [-0.2, -0.15) is 4.98 Å². The Morgan fingerprint density at radius 2 is 1.89 bits per heavy atom. The van der Waals surface area contributed by atoms with Crippen LogP contribution >= 0.6 is 15.9 Å². The van der Waals surface area contributed by atoms with Crippen molar-refractivity contribution in [2.45, 2.75) is 6.92 Å². The zero-order valence-electron chi connectivity index (χ0n) is 14.8. The maximum atomic E-state index is 12.7. The SMILES string of the molecule is CCOC(=O)c1ccccc1Nc1nc2nc3ccccc3c(=O)n2cc1Br. The highest BCUT2D eigenvalue weighted by atomic mass is 79.9. The predicted molar refractivity (Wildman–Crippen MR) is 110 cm³/mol. The zero-order chi connectivity index (χ0) is 19.7. The second-order valence-corrected chi connectivity index (χ2v) is 6.79. The maximum absolute atomic E-state index is 12.7. The number of hydrogen-bond acceptors (Lipinski definition) is 6. The topological polar surface area (TPSA) is 85.6 Å². The van der Waals surface area contributed by atoms with E-state index in [1.165, 1.54) is 4.40 Å². The van der Waals surface area contributed by atoms with E-state index in [1.54, 1.807) is 55.6 Å². The van der Waals surface area contributed by atoms with E-state index in [0.29, 0.717) is 32.4 Å².